The van der Waals surface area contributed by atoms with E-state index in [-0.39, 0.29) is 18.1 Å². The third-order valence-corrected chi connectivity index (χ3v) is 4.07. The van der Waals surface area contributed by atoms with E-state index in [0.29, 0.717) is 17.5 Å². The first-order valence-corrected chi connectivity index (χ1v) is 8.47. The Hall–Kier alpha value is -3.30. The molecule has 1 N–H and O–H groups in total. The third-order valence-electron chi connectivity index (χ3n) is 4.07. The van der Waals surface area contributed by atoms with Crippen LogP contribution >= 0.6 is 0 Å². The summed E-state index contributed by atoms with van der Waals surface area (Å²) < 4.78 is 63.0. The van der Waals surface area contributed by atoms with Crippen LogP contribution in [-0.2, 0) is 6.54 Å². The van der Waals surface area contributed by atoms with Crippen molar-refractivity contribution in [2.45, 2.75) is 26.3 Å². The highest BCUT2D eigenvalue weighted by atomic mass is 19.3. The van der Waals surface area contributed by atoms with E-state index in [1.807, 2.05) is 13.0 Å². The number of methoxy groups -OCH3 is 1. The number of rotatable bonds is 7. The minimum absolute atomic E-state index is 0.0802. The molecule has 2 heterocycles. The maximum Gasteiger partial charge on any atom is 0.291 e. The molecule has 0 radical (unpaired) electrons. The van der Waals surface area contributed by atoms with E-state index < -0.39 is 30.1 Å². The van der Waals surface area contributed by atoms with Crippen LogP contribution in [0.4, 0.5) is 23.2 Å². The predicted molar refractivity (Wildman–Crippen MR) is 95.6 cm³/mol. The summed E-state index contributed by atoms with van der Waals surface area (Å²) in [5.41, 5.74) is -0.0815. The number of hydrogen-bond acceptors (Lipinski definition) is 4. The van der Waals surface area contributed by atoms with Crippen LogP contribution in [0.1, 0.15) is 46.1 Å². The van der Waals surface area contributed by atoms with Crippen LogP contribution in [0.25, 0.3) is 0 Å². The van der Waals surface area contributed by atoms with Crippen molar-refractivity contribution < 1.29 is 31.5 Å². The highest BCUT2D eigenvalue weighted by molar-refractivity contribution is 6.03. The standard InChI is InChI=1S/C19H17F4N3O3/c1-10-3-5-15(28-2)12(7-10)24-19(27)16-6-4-11(29-16)9-26-14(18(22)23)8-13(25-26)17(20)21/h3-8,17-18H,9H2,1-2H3,(H,24,27). The van der Waals surface area contributed by atoms with E-state index in [2.05, 4.69) is 10.4 Å². The molecule has 3 rings (SSSR count). The highest BCUT2D eigenvalue weighted by Gasteiger charge is 2.22. The van der Waals surface area contributed by atoms with Crippen LogP contribution in [-0.4, -0.2) is 22.8 Å². The van der Waals surface area contributed by atoms with Crippen LogP contribution in [0.15, 0.2) is 40.8 Å². The Kier molecular flexibility index (Phi) is 5.90. The van der Waals surface area contributed by atoms with Gasteiger partial charge in [-0.3, -0.25) is 9.48 Å². The number of furan rings is 1. The van der Waals surface area contributed by atoms with E-state index in [1.165, 1.54) is 19.2 Å². The number of hydrogen-bond donors (Lipinski definition) is 1. The number of anilines is 1. The summed E-state index contributed by atoms with van der Waals surface area (Å²) in [5, 5.41) is 6.14. The fourth-order valence-electron chi connectivity index (χ4n) is 2.70. The molecule has 0 aliphatic carbocycles. The number of aromatic nitrogens is 2. The lowest BCUT2D eigenvalue weighted by Crippen LogP contribution is -2.12. The average molecular weight is 411 g/mol. The van der Waals surface area contributed by atoms with E-state index in [9.17, 15) is 22.4 Å². The first kappa shape index (κ1) is 20.4. The number of alkyl halides is 4. The Morgan fingerprint density at radius 2 is 1.93 bits per heavy atom. The molecular formula is C19H17F4N3O3. The Bertz CT molecular complexity index is 1010. The smallest absolute Gasteiger partial charge is 0.291 e. The molecule has 0 atom stereocenters. The van der Waals surface area contributed by atoms with Crippen LogP contribution in [0.5, 0.6) is 5.75 Å². The molecule has 1 aromatic carbocycles. The molecule has 0 aliphatic heterocycles. The van der Waals surface area contributed by atoms with Gasteiger partial charge in [0, 0.05) is 0 Å². The largest absolute Gasteiger partial charge is 0.495 e. The van der Waals surface area contributed by atoms with E-state index in [1.54, 1.807) is 12.1 Å². The maximum absolute atomic E-state index is 13.1. The number of ether oxygens (including phenoxy) is 1. The summed E-state index contributed by atoms with van der Waals surface area (Å²) in [5.74, 6) is -0.100. The number of aryl methyl sites for hydroxylation is 1. The summed E-state index contributed by atoms with van der Waals surface area (Å²) in [7, 11) is 1.46. The van der Waals surface area contributed by atoms with E-state index >= 15 is 0 Å². The fourth-order valence-corrected chi connectivity index (χ4v) is 2.70. The van der Waals surface area contributed by atoms with Crippen molar-refractivity contribution in [3.8, 4) is 5.75 Å². The molecule has 0 unspecified atom stereocenters. The Morgan fingerprint density at radius 1 is 1.17 bits per heavy atom. The Labute approximate surface area is 163 Å². The van der Waals surface area contributed by atoms with Crippen molar-refractivity contribution in [2.75, 3.05) is 12.4 Å². The van der Waals surface area contributed by atoms with Gasteiger partial charge in [-0.2, -0.15) is 5.10 Å². The van der Waals surface area contributed by atoms with Crippen molar-refractivity contribution in [1.82, 2.24) is 9.78 Å². The summed E-state index contributed by atoms with van der Waals surface area (Å²) in [6.07, 6.45) is -5.96. The number of benzene rings is 1. The van der Waals surface area contributed by atoms with Crippen molar-refractivity contribution in [3.05, 3.63) is 64.9 Å². The molecule has 0 saturated heterocycles. The summed E-state index contributed by atoms with van der Waals surface area (Å²) in [6.45, 7) is 1.52. The van der Waals surface area contributed by atoms with Gasteiger partial charge < -0.3 is 14.5 Å². The molecule has 154 valence electrons. The molecule has 0 spiro atoms. The fraction of sp³-hybridized carbons (Fsp3) is 0.263. The lowest BCUT2D eigenvalue weighted by molar-refractivity contribution is 0.0993. The molecule has 0 aliphatic rings. The molecule has 0 bridgehead atoms. The second-order valence-electron chi connectivity index (χ2n) is 6.18. The lowest BCUT2D eigenvalue weighted by atomic mass is 10.2. The second kappa shape index (κ2) is 8.38. The van der Waals surface area contributed by atoms with Gasteiger partial charge in [-0.25, -0.2) is 17.6 Å². The number of carbonyl (C=O) groups is 1. The van der Waals surface area contributed by atoms with Crippen LogP contribution < -0.4 is 10.1 Å². The molecule has 6 nitrogen and oxygen atoms in total. The molecular weight excluding hydrogens is 394 g/mol. The van der Waals surface area contributed by atoms with Gasteiger partial charge in [0.25, 0.3) is 18.8 Å². The number of carbonyl (C=O) groups excluding carboxylic acids is 1. The van der Waals surface area contributed by atoms with Gasteiger partial charge >= 0.3 is 0 Å². The zero-order valence-corrected chi connectivity index (χ0v) is 15.5. The zero-order valence-electron chi connectivity index (χ0n) is 15.5. The van der Waals surface area contributed by atoms with E-state index in [0.717, 1.165) is 10.2 Å². The Balaban J connectivity index is 1.78. The van der Waals surface area contributed by atoms with Crippen LogP contribution in [0.3, 0.4) is 0 Å². The minimum atomic E-state index is -2.98. The summed E-state index contributed by atoms with van der Waals surface area (Å²) in [6, 6.07) is 8.62. The quantitative estimate of drug-likeness (QED) is 0.558. The van der Waals surface area contributed by atoms with Gasteiger partial charge in [-0.15, -0.1) is 0 Å². The number of nitrogens with one attached hydrogen (secondary N) is 1. The molecule has 3 aromatic rings. The molecule has 10 heteroatoms. The van der Waals surface area contributed by atoms with Crippen molar-refractivity contribution in [2.24, 2.45) is 0 Å². The summed E-state index contributed by atoms with van der Waals surface area (Å²) in [4.78, 5) is 12.4. The van der Waals surface area contributed by atoms with Gasteiger partial charge in [0.2, 0.25) is 0 Å². The Morgan fingerprint density at radius 3 is 2.59 bits per heavy atom. The predicted octanol–water partition coefficient (Wildman–Crippen LogP) is 4.97. The zero-order chi connectivity index (χ0) is 21.1. The highest BCUT2D eigenvalue weighted by Crippen LogP contribution is 2.27. The number of halogens is 4. The first-order valence-electron chi connectivity index (χ1n) is 8.47. The van der Waals surface area contributed by atoms with Gasteiger partial charge in [0.05, 0.1) is 19.3 Å². The van der Waals surface area contributed by atoms with Crippen LogP contribution in [0.2, 0.25) is 0 Å². The number of amides is 1. The lowest BCUT2D eigenvalue weighted by Gasteiger charge is -2.10. The van der Waals surface area contributed by atoms with Gasteiger partial charge in [0.15, 0.2) is 5.76 Å². The van der Waals surface area contributed by atoms with Gasteiger partial charge in [-0.1, -0.05) is 6.07 Å². The second-order valence-corrected chi connectivity index (χ2v) is 6.18. The van der Waals surface area contributed by atoms with Crippen molar-refractivity contribution in [1.29, 1.82) is 0 Å². The minimum Gasteiger partial charge on any atom is -0.495 e. The monoisotopic (exact) mass is 411 g/mol. The molecule has 1 amide bonds. The molecule has 0 saturated carbocycles. The van der Waals surface area contributed by atoms with Crippen LogP contribution in [0, 0.1) is 6.92 Å². The molecule has 2 aromatic heterocycles. The SMILES string of the molecule is COc1ccc(C)cc1NC(=O)c1ccc(Cn2nc(C(F)F)cc2C(F)F)o1. The third kappa shape index (κ3) is 4.58. The van der Waals surface area contributed by atoms with Crippen molar-refractivity contribution >= 4 is 11.6 Å². The number of nitrogens with zero attached hydrogens (tertiary/aromatic N) is 2. The summed E-state index contributed by atoms with van der Waals surface area (Å²) >= 11 is 0. The van der Waals surface area contributed by atoms with E-state index in [4.69, 9.17) is 9.15 Å². The molecule has 29 heavy (non-hydrogen) atoms. The average Bonchev–Trinajstić information content (AvgIpc) is 3.29. The first-order chi connectivity index (χ1) is 13.8. The molecule has 0 fully saturated rings. The maximum atomic E-state index is 13.1. The van der Waals surface area contributed by atoms with Crippen molar-refractivity contribution in [3.63, 3.8) is 0 Å². The van der Waals surface area contributed by atoms with Gasteiger partial charge in [0.1, 0.15) is 22.9 Å². The topological polar surface area (TPSA) is 69.3 Å². The van der Waals surface area contributed by atoms with Gasteiger partial charge in [-0.05, 0) is 42.8 Å². The normalized spacial score (nSPS) is 11.3.